The van der Waals surface area contributed by atoms with E-state index >= 15 is 0 Å². The Hall–Kier alpha value is -2.04. The zero-order valence-electron chi connectivity index (χ0n) is 12.8. The van der Waals surface area contributed by atoms with Crippen LogP contribution in [0.25, 0.3) is 11.0 Å². The van der Waals surface area contributed by atoms with Crippen LogP contribution < -0.4 is 11.0 Å². The molecule has 1 aromatic heterocycles. The number of amides is 1. The number of unbranched alkanes of at least 4 members (excludes halogenated alkanes) is 3. The molecule has 0 aliphatic heterocycles. The highest BCUT2D eigenvalue weighted by molar-refractivity contribution is 5.80. The van der Waals surface area contributed by atoms with Gasteiger partial charge in [-0.2, -0.15) is 0 Å². The monoisotopic (exact) mass is 289 g/mol. The molecule has 0 atom stereocenters. The molecule has 5 heteroatoms. The SMILES string of the molecule is CCCCCCNC(=O)Cn1c(=O)n(C)c2ccccc21. The van der Waals surface area contributed by atoms with E-state index in [1.54, 1.807) is 11.6 Å². The van der Waals surface area contributed by atoms with Gasteiger partial charge in [0.25, 0.3) is 0 Å². The Kier molecular flexibility index (Phi) is 5.20. The summed E-state index contributed by atoms with van der Waals surface area (Å²) >= 11 is 0. The molecular weight excluding hydrogens is 266 g/mol. The lowest BCUT2D eigenvalue weighted by molar-refractivity contribution is -0.121. The smallest absolute Gasteiger partial charge is 0.329 e. The van der Waals surface area contributed by atoms with Crippen molar-refractivity contribution in [1.29, 1.82) is 0 Å². The van der Waals surface area contributed by atoms with Gasteiger partial charge in [0.1, 0.15) is 6.54 Å². The molecule has 21 heavy (non-hydrogen) atoms. The number of benzene rings is 1. The van der Waals surface area contributed by atoms with Crippen molar-refractivity contribution in [3.8, 4) is 0 Å². The summed E-state index contributed by atoms with van der Waals surface area (Å²) in [5.74, 6) is -0.107. The molecule has 0 unspecified atom stereocenters. The summed E-state index contributed by atoms with van der Waals surface area (Å²) in [4.78, 5) is 24.2. The number of para-hydroxylation sites is 2. The maximum absolute atomic E-state index is 12.2. The lowest BCUT2D eigenvalue weighted by atomic mass is 10.2. The molecule has 114 valence electrons. The van der Waals surface area contributed by atoms with E-state index in [0.29, 0.717) is 6.54 Å². The molecule has 0 saturated carbocycles. The zero-order chi connectivity index (χ0) is 15.2. The number of fused-ring (bicyclic) bond motifs is 1. The van der Waals surface area contributed by atoms with E-state index in [4.69, 9.17) is 0 Å². The van der Waals surface area contributed by atoms with Crippen LogP contribution in [0.3, 0.4) is 0 Å². The summed E-state index contributed by atoms with van der Waals surface area (Å²) in [6.07, 6.45) is 4.49. The van der Waals surface area contributed by atoms with Gasteiger partial charge in [-0.3, -0.25) is 13.9 Å². The van der Waals surface area contributed by atoms with Gasteiger partial charge in [0.15, 0.2) is 0 Å². The van der Waals surface area contributed by atoms with E-state index in [0.717, 1.165) is 23.9 Å². The summed E-state index contributed by atoms with van der Waals surface area (Å²) in [6, 6.07) is 7.52. The van der Waals surface area contributed by atoms with Gasteiger partial charge in [-0.1, -0.05) is 38.3 Å². The molecule has 1 heterocycles. The number of rotatable bonds is 7. The molecule has 2 rings (SSSR count). The fourth-order valence-corrected chi connectivity index (χ4v) is 2.50. The number of hydrogen-bond donors (Lipinski definition) is 1. The van der Waals surface area contributed by atoms with Crippen molar-refractivity contribution in [3.05, 3.63) is 34.7 Å². The van der Waals surface area contributed by atoms with E-state index in [2.05, 4.69) is 12.2 Å². The van der Waals surface area contributed by atoms with Gasteiger partial charge < -0.3 is 5.32 Å². The predicted octanol–water partition coefficient (Wildman–Crippen LogP) is 2.04. The summed E-state index contributed by atoms with van der Waals surface area (Å²) in [5.41, 5.74) is 1.49. The second kappa shape index (κ2) is 7.11. The first-order chi connectivity index (χ1) is 10.1. The summed E-state index contributed by atoms with van der Waals surface area (Å²) in [6.45, 7) is 2.91. The van der Waals surface area contributed by atoms with Crippen LogP contribution in [0.2, 0.25) is 0 Å². The van der Waals surface area contributed by atoms with Crippen LogP contribution in [0.15, 0.2) is 29.1 Å². The first-order valence-corrected chi connectivity index (χ1v) is 7.56. The van der Waals surface area contributed by atoms with Crippen molar-refractivity contribution in [2.45, 2.75) is 39.2 Å². The molecular formula is C16H23N3O2. The highest BCUT2D eigenvalue weighted by Crippen LogP contribution is 2.11. The van der Waals surface area contributed by atoms with Gasteiger partial charge in [0.05, 0.1) is 11.0 Å². The lowest BCUT2D eigenvalue weighted by Crippen LogP contribution is -2.33. The van der Waals surface area contributed by atoms with Crippen molar-refractivity contribution in [1.82, 2.24) is 14.5 Å². The third kappa shape index (κ3) is 3.54. The lowest BCUT2D eigenvalue weighted by Gasteiger charge is -2.06. The topological polar surface area (TPSA) is 56.0 Å². The number of hydrogen-bond acceptors (Lipinski definition) is 2. The Labute approximate surface area is 124 Å². The molecule has 0 aliphatic rings. The van der Waals surface area contributed by atoms with Gasteiger partial charge in [-0.05, 0) is 18.6 Å². The quantitative estimate of drug-likeness (QED) is 0.793. The van der Waals surface area contributed by atoms with E-state index in [1.807, 2.05) is 24.3 Å². The molecule has 0 radical (unpaired) electrons. The number of aryl methyl sites for hydroxylation is 1. The van der Waals surface area contributed by atoms with Crippen molar-refractivity contribution < 1.29 is 4.79 Å². The van der Waals surface area contributed by atoms with Gasteiger partial charge in [0.2, 0.25) is 5.91 Å². The molecule has 1 aromatic carbocycles. The highest BCUT2D eigenvalue weighted by atomic mass is 16.2. The van der Waals surface area contributed by atoms with Gasteiger partial charge in [0, 0.05) is 13.6 Å². The van der Waals surface area contributed by atoms with Crippen LogP contribution in [0, 0.1) is 0 Å². The number of nitrogens with zero attached hydrogens (tertiary/aromatic N) is 2. The Bertz CT molecular complexity index is 670. The Morgan fingerprint density at radius 1 is 1.14 bits per heavy atom. The summed E-state index contributed by atoms with van der Waals surface area (Å²) in [7, 11) is 1.73. The van der Waals surface area contributed by atoms with Crippen LogP contribution in [-0.4, -0.2) is 21.6 Å². The minimum atomic E-state index is -0.155. The normalized spacial score (nSPS) is 11.0. The Morgan fingerprint density at radius 2 is 1.86 bits per heavy atom. The van der Waals surface area contributed by atoms with Gasteiger partial charge in [-0.25, -0.2) is 4.79 Å². The largest absolute Gasteiger partial charge is 0.355 e. The molecule has 0 saturated heterocycles. The van der Waals surface area contributed by atoms with Crippen LogP contribution in [0.5, 0.6) is 0 Å². The van der Waals surface area contributed by atoms with Crippen LogP contribution >= 0.6 is 0 Å². The molecule has 0 spiro atoms. The summed E-state index contributed by atoms with van der Waals surface area (Å²) in [5, 5.41) is 2.88. The number of imidazole rings is 1. The molecule has 5 nitrogen and oxygen atoms in total. The van der Waals surface area contributed by atoms with Crippen LogP contribution in [-0.2, 0) is 18.4 Å². The standard InChI is InChI=1S/C16H23N3O2/c1-3-4-5-8-11-17-15(20)12-19-14-10-7-6-9-13(14)18(2)16(19)21/h6-7,9-10H,3-5,8,11-12H2,1-2H3,(H,17,20). The number of carbonyl (C=O) groups excluding carboxylic acids is 1. The van der Waals surface area contributed by atoms with E-state index in [9.17, 15) is 9.59 Å². The fraction of sp³-hybridized carbons (Fsp3) is 0.500. The Balaban J connectivity index is 2.01. The van der Waals surface area contributed by atoms with Crippen molar-refractivity contribution in [2.24, 2.45) is 7.05 Å². The maximum Gasteiger partial charge on any atom is 0.329 e. The van der Waals surface area contributed by atoms with Crippen molar-refractivity contribution in [2.75, 3.05) is 6.54 Å². The molecule has 2 aromatic rings. The number of aromatic nitrogens is 2. The third-order valence-corrected chi connectivity index (χ3v) is 3.71. The van der Waals surface area contributed by atoms with E-state index in [1.165, 1.54) is 17.4 Å². The van der Waals surface area contributed by atoms with Crippen molar-refractivity contribution in [3.63, 3.8) is 0 Å². The third-order valence-electron chi connectivity index (χ3n) is 3.71. The molecule has 0 bridgehead atoms. The average molecular weight is 289 g/mol. The number of carbonyl (C=O) groups is 1. The van der Waals surface area contributed by atoms with Crippen molar-refractivity contribution >= 4 is 16.9 Å². The van der Waals surface area contributed by atoms with E-state index in [-0.39, 0.29) is 18.1 Å². The second-order valence-electron chi connectivity index (χ2n) is 5.33. The summed E-state index contributed by atoms with van der Waals surface area (Å²) < 4.78 is 3.10. The highest BCUT2D eigenvalue weighted by Gasteiger charge is 2.12. The maximum atomic E-state index is 12.2. The molecule has 0 aliphatic carbocycles. The first kappa shape index (κ1) is 15.4. The fourth-order valence-electron chi connectivity index (χ4n) is 2.50. The van der Waals surface area contributed by atoms with Crippen LogP contribution in [0.4, 0.5) is 0 Å². The average Bonchev–Trinajstić information content (AvgIpc) is 2.73. The minimum absolute atomic E-state index is 0.0773. The molecule has 0 fully saturated rings. The second-order valence-corrected chi connectivity index (χ2v) is 5.33. The predicted molar refractivity (Wildman–Crippen MR) is 84.3 cm³/mol. The zero-order valence-corrected chi connectivity index (χ0v) is 12.8. The molecule has 1 amide bonds. The van der Waals surface area contributed by atoms with E-state index < -0.39 is 0 Å². The number of nitrogens with one attached hydrogen (secondary N) is 1. The Morgan fingerprint density at radius 3 is 2.57 bits per heavy atom. The van der Waals surface area contributed by atoms with Crippen LogP contribution in [0.1, 0.15) is 32.6 Å². The minimum Gasteiger partial charge on any atom is -0.355 e. The first-order valence-electron chi connectivity index (χ1n) is 7.56. The van der Waals surface area contributed by atoms with Gasteiger partial charge in [-0.15, -0.1) is 0 Å². The van der Waals surface area contributed by atoms with Gasteiger partial charge >= 0.3 is 5.69 Å². The molecule has 1 N–H and O–H groups in total.